The second-order valence-electron chi connectivity index (χ2n) is 3.19. The Kier molecular flexibility index (Phi) is 5.89. The van der Waals surface area contributed by atoms with Gasteiger partial charge in [-0.15, -0.1) is 12.4 Å². The summed E-state index contributed by atoms with van der Waals surface area (Å²) in [7, 11) is 0. The average molecular weight is 231 g/mol. The first kappa shape index (κ1) is 13.9. The smallest absolute Gasteiger partial charge is 0.338 e. The summed E-state index contributed by atoms with van der Waals surface area (Å²) >= 11 is 0. The maximum absolute atomic E-state index is 11.4. The molecule has 0 unspecified atom stereocenters. The second-order valence-corrected chi connectivity index (χ2v) is 3.19. The van der Waals surface area contributed by atoms with E-state index in [1.807, 2.05) is 13.8 Å². The van der Waals surface area contributed by atoms with Crippen molar-refractivity contribution in [3.05, 3.63) is 29.6 Å². The maximum Gasteiger partial charge on any atom is 0.338 e. The Morgan fingerprint density at radius 3 is 2.80 bits per heavy atom. The quantitative estimate of drug-likeness (QED) is 0.800. The summed E-state index contributed by atoms with van der Waals surface area (Å²) in [4.78, 5) is 15.4. The van der Waals surface area contributed by atoms with Crippen LogP contribution < -0.4 is 5.73 Å². The van der Waals surface area contributed by atoms with Gasteiger partial charge >= 0.3 is 5.97 Å². The molecule has 1 heterocycles. The maximum atomic E-state index is 11.4. The molecule has 84 valence electrons. The Bertz CT molecular complexity index is 329. The molecular weight excluding hydrogens is 216 g/mol. The fourth-order valence-electron chi connectivity index (χ4n) is 0.999. The zero-order valence-corrected chi connectivity index (χ0v) is 9.58. The molecule has 0 aliphatic heterocycles. The molecular formula is C10H15ClN2O2. The van der Waals surface area contributed by atoms with Crippen LogP contribution in [0.15, 0.2) is 18.3 Å². The van der Waals surface area contributed by atoms with Crippen molar-refractivity contribution in [2.75, 3.05) is 0 Å². The number of rotatable bonds is 3. The van der Waals surface area contributed by atoms with Crippen LogP contribution in [-0.2, 0) is 11.3 Å². The Morgan fingerprint density at radius 2 is 2.27 bits per heavy atom. The minimum absolute atomic E-state index is 0. The van der Waals surface area contributed by atoms with Gasteiger partial charge in [-0.25, -0.2) is 4.79 Å². The summed E-state index contributed by atoms with van der Waals surface area (Å²) in [6.07, 6.45) is 1.44. The van der Waals surface area contributed by atoms with E-state index in [-0.39, 0.29) is 24.5 Å². The van der Waals surface area contributed by atoms with Gasteiger partial charge in [0, 0.05) is 12.7 Å². The van der Waals surface area contributed by atoms with Gasteiger partial charge in [0.2, 0.25) is 0 Å². The van der Waals surface area contributed by atoms with E-state index in [9.17, 15) is 4.79 Å². The van der Waals surface area contributed by atoms with Crippen LogP contribution in [-0.4, -0.2) is 17.1 Å². The molecule has 0 aromatic carbocycles. The zero-order valence-electron chi connectivity index (χ0n) is 8.77. The van der Waals surface area contributed by atoms with E-state index >= 15 is 0 Å². The third-order valence-corrected chi connectivity index (χ3v) is 1.60. The summed E-state index contributed by atoms with van der Waals surface area (Å²) in [5.41, 5.74) is 6.58. The number of hydrogen-bond donors (Lipinski definition) is 1. The van der Waals surface area contributed by atoms with Crippen molar-refractivity contribution < 1.29 is 9.53 Å². The number of pyridine rings is 1. The fraction of sp³-hybridized carbons (Fsp3) is 0.400. The van der Waals surface area contributed by atoms with E-state index < -0.39 is 0 Å². The van der Waals surface area contributed by atoms with Crippen molar-refractivity contribution in [3.63, 3.8) is 0 Å². The van der Waals surface area contributed by atoms with Gasteiger partial charge in [-0.3, -0.25) is 4.98 Å². The molecule has 0 fully saturated rings. The highest BCUT2D eigenvalue weighted by Gasteiger charge is 2.09. The van der Waals surface area contributed by atoms with Gasteiger partial charge in [0.25, 0.3) is 0 Å². The van der Waals surface area contributed by atoms with E-state index in [2.05, 4.69) is 4.98 Å². The Hall–Kier alpha value is -1.13. The molecule has 1 rings (SSSR count). The molecule has 0 spiro atoms. The SMILES string of the molecule is CC(C)OC(=O)c1ccnc(CN)c1.Cl. The third-order valence-electron chi connectivity index (χ3n) is 1.60. The van der Waals surface area contributed by atoms with Gasteiger partial charge < -0.3 is 10.5 Å². The molecule has 0 atom stereocenters. The van der Waals surface area contributed by atoms with E-state index in [1.165, 1.54) is 0 Å². The van der Waals surface area contributed by atoms with Crippen LogP contribution >= 0.6 is 12.4 Å². The lowest BCUT2D eigenvalue weighted by Gasteiger charge is -2.07. The summed E-state index contributed by atoms with van der Waals surface area (Å²) in [5, 5.41) is 0. The lowest BCUT2D eigenvalue weighted by molar-refractivity contribution is 0.0377. The first-order valence-corrected chi connectivity index (χ1v) is 4.49. The number of hydrogen-bond acceptors (Lipinski definition) is 4. The Morgan fingerprint density at radius 1 is 1.60 bits per heavy atom. The first-order chi connectivity index (χ1) is 6.63. The van der Waals surface area contributed by atoms with Gasteiger partial charge in [0.15, 0.2) is 0 Å². The van der Waals surface area contributed by atoms with Crippen molar-refractivity contribution in [1.29, 1.82) is 0 Å². The highest BCUT2D eigenvalue weighted by Crippen LogP contribution is 2.05. The van der Waals surface area contributed by atoms with Crippen molar-refractivity contribution in [2.45, 2.75) is 26.5 Å². The lowest BCUT2D eigenvalue weighted by Crippen LogP contribution is -2.12. The van der Waals surface area contributed by atoms with Crippen LogP contribution in [0.1, 0.15) is 29.9 Å². The largest absolute Gasteiger partial charge is 0.459 e. The third kappa shape index (κ3) is 4.27. The molecule has 1 aromatic heterocycles. The van der Waals surface area contributed by atoms with Crippen LogP contribution in [0.25, 0.3) is 0 Å². The minimum atomic E-state index is -0.336. The van der Waals surface area contributed by atoms with Gasteiger partial charge in [-0.1, -0.05) is 0 Å². The van der Waals surface area contributed by atoms with Crippen LogP contribution in [0, 0.1) is 0 Å². The molecule has 15 heavy (non-hydrogen) atoms. The molecule has 0 aliphatic rings. The molecule has 4 nitrogen and oxygen atoms in total. The fourth-order valence-corrected chi connectivity index (χ4v) is 0.999. The number of aromatic nitrogens is 1. The lowest BCUT2D eigenvalue weighted by atomic mass is 10.2. The number of nitrogens with two attached hydrogens (primary N) is 1. The number of nitrogens with zero attached hydrogens (tertiary/aromatic N) is 1. The number of esters is 1. The number of carbonyl (C=O) groups excluding carboxylic acids is 1. The second kappa shape index (κ2) is 6.37. The van der Waals surface area contributed by atoms with Crippen LogP contribution in [0.2, 0.25) is 0 Å². The molecule has 0 amide bonds. The number of carbonyl (C=O) groups is 1. The summed E-state index contributed by atoms with van der Waals surface area (Å²) in [6.45, 7) is 3.94. The standard InChI is InChI=1S/C10H14N2O2.ClH/c1-7(2)14-10(13)8-3-4-12-9(5-8)6-11;/h3-5,7H,6,11H2,1-2H3;1H. The topological polar surface area (TPSA) is 65.2 Å². The van der Waals surface area contributed by atoms with E-state index in [0.29, 0.717) is 17.8 Å². The van der Waals surface area contributed by atoms with Gasteiger partial charge in [-0.05, 0) is 26.0 Å². The van der Waals surface area contributed by atoms with Gasteiger partial charge in [0.05, 0.1) is 17.4 Å². The molecule has 0 bridgehead atoms. The van der Waals surface area contributed by atoms with Crippen molar-refractivity contribution in [1.82, 2.24) is 4.98 Å². The molecule has 0 aliphatic carbocycles. The van der Waals surface area contributed by atoms with Crippen LogP contribution in [0.5, 0.6) is 0 Å². The van der Waals surface area contributed by atoms with Gasteiger partial charge in [-0.2, -0.15) is 0 Å². The van der Waals surface area contributed by atoms with E-state index in [0.717, 1.165) is 0 Å². The van der Waals surface area contributed by atoms with Crippen molar-refractivity contribution >= 4 is 18.4 Å². The normalized spacial score (nSPS) is 9.60. The molecule has 0 saturated heterocycles. The minimum Gasteiger partial charge on any atom is -0.459 e. The molecule has 0 saturated carbocycles. The highest BCUT2D eigenvalue weighted by atomic mass is 35.5. The van der Waals surface area contributed by atoms with E-state index in [4.69, 9.17) is 10.5 Å². The van der Waals surface area contributed by atoms with Crippen molar-refractivity contribution in [3.8, 4) is 0 Å². The average Bonchev–Trinajstić information content (AvgIpc) is 2.17. The predicted molar refractivity (Wildman–Crippen MR) is 59.9 cm³/mol. The summed E-state index contributed by atoms with van der Waals surface area (Å²) in [5.74, 6) is -0.336. The summed E-state index contributed by atoms with van der Waals surface area (Å²) < 4.78 is 5.03. The molecule has 0 radical (unpaired) electrons. The van der Waals surface area contributed by atoms with Crippen molar-refractivity contribution in [2.24, 2.45) is 5.73 Å². The molecule has 2 N–H and O–H groups in total. The first-order valence-electron chi connectivity index (χ1n) is 4.49. The number of ether oxygens (including phenoxy) is 1. The van der Waals surface area contributed by atoms with Crippen LogP contribution in [0.3, 0.4) is 0 Å². The van der Waals surface area contributed by atoms with Crippen LogP contribution in [0.4, 0.5) is 0 Å². The summed E-state index contributed by atoms with van der Waals surface area (Å²) in [6, 6.07) is 3.26. The zero-order chi connectivity index (χ0) is 10.6. The van der Waals surface area contributed by atoms with E-state index in [1.54, 1.807) is 18.3 Å². The monoisotopic (exact) mass is 230 g/mol. The Balaban J connectivity index is 0.00000196. The number of halogens is 1. The predicted octanol–water partition coefficient (Wildman–Crippen LogP) is 1.53. The molecule has 5 heteroatoms. The Labute approximate surface area is 95.2 Å². The van der Waals surface area contributed by atoms with Gasteiger partial charge in [0.1, 0.15) is 0 Å². The highest BCUT2D eigenvalue weighted by molar-refractivity contribution is 5.89. The molecule has 1 aromatic rings.